The summed E-state index contributed by atoms with van der Waals surface area (Å²) < 4.78 is 0. The van der Waals surface area contributed by atoms with Crippen molar-refractivity contribution < 1.29 is 20.1 Å². The summed E-state index contributed by atoms with van der Waals surface area (Å²) in [4.78, 5) is 11.6. The van der Waals surface area contributed by atoms with Gasteiger partial charge in [0.1, 0.15) is 22.8 Å². The maximum Gasteiger partial charge on any atom is 0.216 e. The highest BCUT2D eigenvalue weighted by atomic mass is 16.3. The van der Waals surface area contributed by atoms with Crippen molar-refractivity contribution in [3.05, 3.63) is 42.0 Å². The Morgan fingerprint density at radius 3 is 2.17 bits per heavy atom. The molecular weight excluding hydrogens is 232 g/mol. The van der Waals surface area contributed by atoms with Crippen LogP contribution in [0.3, 0.4) is 0 Å². The zero-order valence-corrected chi connectivity index (χ0v) is 9.29. The van der Waals surface area contributed by atoms with Crippen molar-refractivity contribution in [1.29, 1.82) is 0 Å². The fraction of sp³-hybridized carbons (Fsp3) is 0.0714. The van der Waals surface area contributed by atoms with Gasteiger partial charge >= 0.3 is 0 Å². The number of Topliss-reactive ketones (excluding diaryl/α,β-unsaturated/α-hetero) is 1. The number of carbonyl (C=O) groups is 1. The van der Waals surface area contributed by atoms with Crippen LogP contribution in [0.25, 0.3) is 0 Å². The van der Waals surface area contributed by atoms with Gasteiger partial charge in [-0.3, -0.25) is 4.79 Å². The summed E-state index contributed by atoms with van der Waals surface area (Å²) in [5.74, 6) is 3.04. The minimum Gasteiger partial charge on any atom is -0.508 e. The molecule has 90 valence electrons. The zero-order valence-electron chi connectivity index (χ0n) is 9.29. The first-order valence-corrected chi connectivity index (χ1v) is 5.23. The molecule has 1 aliphatic rings. The summed E-state index contributed by atoms with van der Waals surface area (Å²) in [6.45, 7) is 0. The summed E-state index contributed by atoms with van der Waals surface area (Å²) in [6, 6.07) is 2.09. The number of rotatable bonds is 1. The molecule has 0 amide bonds. The van der Waals surface area contributed by atoms with Crippen LogP contribution >= 0.6 is 0 Å². The summed E-state index contributed by atoms with van der Waals surface area (Å²) in [7, 11) is 0. The predicted molar refractivity (Wildman–Crippen MR) is 65.1 cm³/mol. The van der Waals surface area contributed by atoms with Gasteiger partial charge in [-0.1, -0.05) is 30.2 Å². The van der Waals surface area contributed by atoms with E-state index in [-0.39, 0.29) is 34.5 Å². The van der Waals surface area contributed by atoms with Crippen LogP contribution in [-0.4, -0.2) is 21.1 Å². The number of phenols is 3. The molecule has 0 aromatic heterocycles. The molecule has 0 fully saturated rings. The Kier molecular flexibility index (Phi) is 3.07. The lowest BCUT2D eigenvalue weighted by molar-refractivity contribution is -0.114. The van der Waals surface area contributed by atoms with E-state index in [1.54, 1.807) is 24.3 Å². The normalized spacial score (nSPS) is 13.3. The van der Waals surface area contributed by atoms with E-state index >= 15 is 0 Å². The average Bonchev–Trinajstić information content (AvgIpc) is 2.80. The van der Waals surface area contributed by atoms with Crippen molar-refractivity contribution in [3.63, 3.8) is 0 Å². The molecule has 0 unspecified atom stereocenters. The van der Waals surface area contributed by atoms with Crippen molar-refractivity contribution in [3.8, 4) is 29.1 Å². The number of benzene rings is 1. The number of aromatic hydroxyl groups is 3. The fourth-order valence-electron chi connectivity index (χ4n) is 1.54. The Hall–Kier alpha value is -2.67. The van der Waals surface area contributed by atoms with Crippen LogP contribution < -0.4 is 0 Å². The molecule has 0 radical (unpaired) electrons. The van der Waals surface area contributed by atoms with Gasteiger partial charge in [0.25, 0.3) is 0 Å². The number of hydrogen-bond donors (Lipinski definition) is 3. The van der Waals surface area contributed by atoms with Crippen molar-refractivity contribution in [2.45, 2.75) is 0 Å². The lowest BCUT2D eigenvalue weighted by Gasteiger charge is -2.01. The molecule has 1 aliphatic carbocycles. The summed E-state index contributed by atoms with van der Waals surface area (Å²) in [5, 5.41) is 28.1. The van der Waals surface area contributed by atoms with Gasteiger partial charge in [0.2, 0.25) is 5.78 Å². The van der Waals surface area contributed by atoms with Crippen LogP contribution in [0.2, 0.25) is 0 Å². The molecule has 0 spiro atoms. The second-order valence-electron chi connectivity index (χ2n) is 3.77. The van der Waals surface area contributed by atoms with E-state index < -0.39 is 0 Å². The van der Waals surface area contributed by atoms with Crippen LogP contribution in [0.5, 0.6) is 17.2 Å². The van der Waals surface area contributed by atoms with E-state index in [9.17, 15) is 15.0 Å². The van der Waals surface area contributed by atoms with E-state index in [0.29, 0.717) is 0 Å². The number of ketones is 1. The molecule has 0 saturated carbocycles. The third-order valence-corrected chi connectivity index (χ3v) is 2.44. The van der Waals surface area contributed by atoms with E-state index in [1.807, 2.05) is 0 Å². The van der Waals surface area contributed by atoms with Crippen molar-refractivity contribution in [2.24, 2.45) is 5.92 Å². The quantitative estimate of drug-likeness (QED) is 0.651. The molecule has 1 aromatic rings. The second kappa shape index (κ2) is 4.68. The average molecular weight is 242 g/mol. The molecule has 1 aromatic carbocycles. The van der Waals surface area contributed by atoms with Gasteiger partial charge in [-0.15, -0.1) is 0 Å². The molecule has 0 bridgehead atoms. The highest BCUT2D eigenvalue weighted by molar-refractivity contribution is 6.00. The van der Waals surface area contributed by atoms with E-state index in [4.69, 9.17) is 5.11 Å². The smallest absolute Gasteiger partial charge is 0.216 e. The Morgan fingerprint density at radius 2 is 1.61 bits per heavy atom. The van der Waals surface area contributed by atoms with Gasteiger partial charge in [-0.2, -0.15) is 0 Å². The molecule has 0 heterocycles. The monoisotopic (exact) mass is 242 g/mol. The maximum absolute atomic E-state index is 11.6. The van der Waals surface area contributed by atoms with E-state index in [2.05, 4.69) is 11.8 Å². The van der Waals surface area contributed by atoms with Gasteiger partial charge in [0.05, 0.1) is 5.92 Å². The predicted octanol–water partition coefficient (Wildman–Crippen LogP) is 1.47. The Bertz CT molecular complexity index is 579. The van der Waals surface area contributed by atoms with Crippen LogP contribution in [0, 0.1) is 17.8 Å². The van der Waals surface area contributed by atoms with Gasteiger partial charge < -0.3 is 15.3 Å². The van der Waals surface area contributed by atoms with Crippen molar-refractivity contribution >= 4 is 5.78 Å². The molecule has 4 heteroatoms. The minimum atomic E-state index is -0.376. The summed E-state index contributed by atoms with van der Waals surface area (Å²) in [5.41, 5.74) is -0.0768. The summed E-state index contributed by atoms with van der Waals surface area (Å²) in [6.07, 6.45) is 6.90. The third-order valence-electron chi connectivity index (χ3n) is 2.44. The first-order valence-electron chi connectivity index (χ1n) is 5.23. The molecule has 2 rings (SSSR count). The number of allylic oxidation sites excluding steroid dienone is 4. The van der Waals surface area contributed by atoms with Crippen LogP contribution in [0.4, 0.5) is 0 Å². The zero-order chi connectivity index (χ0) is 13.1. The Labute approximate surface area is 104 Å². The van der Waals surface area contributed by atoms with Crippen LogP contribution in [0.15, 0.2) is 36.4 Å². The Morgan fingerprint density at radius 1 is 1.06 bits per heavy atom. The van der Waals surface area contributed by atoms with Gasteiger partial charge in [0, 0.05) is 12.1 Å². The molecule has 0 aliphatic heterocycles. The van der Waals surface area contributed by atoms with Gasteiger partial charge in [-0.25, -0.2) is 0 Å². The molecule has 0 atom stereocenters. The van der Waals surface area contributed by atoms with E-state index in [0.717, 1.165) is 12.1 Å². The molecule has 0 saturated heterocycles. The van der Waals surface area contributed by atoms with Crippen molar-refractivity contribution in [1.82, 2.24) is 0 Å². The molecule has 3 N–H and O–H groups in total. The van der Waals surface area contributed by atoms with E-state index in [1.165, 1.54) is 0 Å². The number of carbonyl (C=O) groups excluding carboxylic acids is 1. The SMILES string of the molecule is O=C(C#Cc1c(O)cc(O)cc1O)C1C=CC=C1. The highest BCUT2D eigenvalue weighted by Gasteiger charge is 2.12. The minimum absolute atomic E-state index is 0.0768. The maximum atomic E-state index is 11.6. The number of phenolic OH excluding ortho intramolecular Hbond substituents is 3. The number of hydrogen-bond acceptors (Lipinski definition) is 4. The van der Waals surface area contributed by atoms with Crippen molar-refractivity contribution in [2.75, 3.05) is 0 Å². The molecule has 4 nitrogen and oxygen atoms in total. The molecular formula is C14H10O4. The first kappa shape index (κ1) is 11.8. The largest absolute Gasteiger partial charge is 0.508 e. The second-order valence-corrected chi connectivity index (χ2v) is 3.77. The Balaban J connectivity index is 2.27. The lowest BCUT2D eigenvalue weighted by Crippen LogP contribution is -2.04. The fourth-order valence-corrected chi connectivity index (χ4v) is 1.54. The van der Waals surface area contributed by atoms with Gasteiger partial charge in [0.15, 0.2) is 0 Å². The van der Waals surface area contributed by atoms with Gasteiger partial charge in [-0.05, 0) is 5.92 Å². The third kappa shape index (κ3) is 2.36. The lowest BCUT2D eigenvalue weighted by atomic mass is 10.1. The standard InChI is InChI=1S/C14H10O4/c15-10-7-13(17)11(14(18)8-10)5-6-12(16)9-3-1-2-4-9/h1-4,7-9,15,17-18H. The van der Waals surface area contributed by atoms with Crippen LogP contribution in [-0.2, 0) is 4.79 Å². The highest BCUT2D eigenvalue weighted by Crippen LogP contribution is 2.30. The molecule has 18 heavy (non-hydrogen) atoms. The first-order chi connectivity index (χ1) is 8.58. The topological polar surface area (TPSA) is 77.8 Å². The summed E-state index contributed by atoms with van der Waals surface area (Å²) >= 11 is 0. The van der Waals surface area contributed by atoms with Crippen LogP contribution in [0.1, 0.15) is 5.56 Å².